The molecule has 1 N–H and O–H groups in total. The summed E-state index contributed by atoms with van der Waals surface area (Å²) in [6.45, 7) is 4.54. The molecule has 0 spiro atoms. The quantitative estimate of drug-likeness (QED) is 0.772. The molecule has 2 nitrogen and oxygen atoms in total. The summed E-state index contributed by atoms with van der Waals surface area (Å²) in [7, 11) is 1.70. The Hall–Kier alpha value is -1.02. The van der Waals surface area contributed by atoms with Crippen LogP contribution in [0.5, 0.6) is 5.75 Å². The maximum Gasteiger partial charge on any atom is 0.118 e. The lowest BCUT2D eigenvalue weighted by Crippen LogP contribution is -2.07. The fourth-order valence-electron chi connectivity index (χ4n) is 2.11. The standard InChI is InChI=1S/C12H17NO/c1-9-7-13-8-12(9)10-3-5-11(14-2)6-4-10/h3-6,9,12-13H,7-8H2,1-2H3/t9-,12-/m1/s1. The first-order chi connectivity index (χ1) is 6.81. The molecule has 0 aromatic heterocycles. The van der Waals surface area contributed by atoms with Crippen molar-refractivity contribution >= 4 is 0 Å². The van der Waals surface area contributed by atoms with Crippen molar-refractivity contribution in [2.45, 2.75) is 12.8 Å². The van der Waals surface area contributed by atoms with E-state index in [4.69, 9.17) is 4.74 Å². The first-order valence-electron chi connectivity index (χ1n) is 5.16. The summed E-state index contributed by atoms with van der Waals surface area (Å²) in [6, 6.07) is 8.43. The molecule has 1 saturated heterocycles. The van der Waals surface area contributed by atoms with Gasteiger partial charge in [-0.05, 0) is 30.2 Å². The van der Waals surface area contributed by atoms with E-state index in [0.717, 1.165) is 24.8 Å². The fraction of sp³-hybridized carbons (Fsp3) is 0.500. The Morgan fingerprint density at radius 1 is 1.21 bits per heavy atom. The highest BCUT2D eigenvalue weighted by Crippen LogP contribution is 2.28. The molecular formula is C12H17NO. The summed E-state index contributed by atoms with van der Waals surface area (Å²) < 4.78 is 5.14. The predicted octanol–water partition coefficient (Wildman–Crippen LogP) is 2.02. The van der Waals surface area contributed by atoms with E-state index in [1.54, 1.807) is 7.11 Å². The minimum absolute atomic E-state index is 0.668. The molecule has 1 aromatic carbocycles. The number of hydrogen-bond acceptors (Lipinski definition) is 2. The molecule has 1 aliphatic heterocycles. The molecule has 14 heavy (non-hydrogen) atoms. The van der Waals surface area contributed by atoms with Gasteiger partial charge in [-0.1, -0.05) is 19.1 Å². The highest BCUT2D eigenvalue weighted by atomic mass is 16.5. The molecule has 0 bridgehead atoms. The largest absolute Gasteiger partial charge is 0.497 e. The molecule has 2 rings (SSSR count). The highest BCUT2D eigenvalue weighted by Gasteiger charge is 2.24. The third kappa shape index (κ3) is 1.75. The van der Waals surface area contributed by atoms with Gasteiger partial charge in [0.05, 0.1) is 7.11 Å². The van der Waals surface area contributed by atoms with Crippen LogP contribution in [0.15, 0.2) is 24.3 Å². The SMILES string of the molecule is COc1ccc([C@@H]2CNC[C@H]2C)cc1. The number of rotatable bonds is 2. The Morgan fingerprint density at radius 3 is 2.43 bits per heavy atom. The summed E-state index contributed by atoms with van der Waals surface area (Å²) >= 11 is 0. The van der Waals surface area contributed by atoms with Gasteiger partial charge in [-0.3, -0.25) is 0 Å². The normalized spacial score (nSPS) is 26.4. The fourth-order valence-corrected chi connectivity index (χ4v) is 2.11. The minimum atomic E-state index is 0.668. The monoisotopic (exact) mass is 191 g/mol. The Bertz CT molecular complexity index is 294. The third-order valence-corrected chi connectivity index (χ3v) is 3.06. The molecule has 76 valence electrons. The van der Waals surface area contributed by atoms with Crippen LogP contribution in [0.1, 0.15) is 18.4 Å². The van der Waals surface area contributed by atoms with E-state index in [1.165, 1.54) is 5.56 Å². The molecule has 0 amide bonds. The second-order valence-electron chi connectivity index (χ2n) is 4.02. The number of ether oxygens (including phenoxy) is 1. The average molecular weight is 191 g/mol. The van der Waals surface area contributed by atoms with Crippen molar-refractivity contribution in [3.8, 4) is 5.75 Å². The van der Waals surface area contributed by atoms with Crippen molar-refractivity contribution in [3.63, 3.8) is 0 Å². The molecule has 0 saturated carbocycles. The zero-order valence-electron chi connectivity index (χ0n) is 8.79. The number of methoxy groups -OCH3 is 1. The van der Waals surface area contributed by atoms with Gasteiger partial charge in [-0.2, -0.15) is 0 Å². The van der Waals surface area contributed by atoms with Crippen LogP contribution in [0.25, 0.3) is 0 Å². The Balaban J connectivity index is 2.16. The molecule has 1 aliphatic rings. The van der Waals surface area contributed by atoms with E-state index in [1.807, 2.05) is 12.1 Å². The van der Waals surface area contributed by atoms with Crippen molar-refractivity contribution < 1.29 is 4.74 Å². The van der Waals surface area contributed by atoms with Crippen LogP contribution >= 0.6 is 0 Å². The van der Waals surface area contributed by atoms with Gasteiger partial charge in [-0.25, -0.2) is 0 Å². The van der Waals surface area contributed by atoms with Gasteiger partial charge in [0.25, 0.3) is 0 Å². The molecule has 2 atom stereocenters. The second kappa shape index (κ2) is 4.01. The molecule has 1 heterocycles. The summed E-state index contributed by atoms with van der Waals surface area (Å²) in [4.78, 5) is 0. The van der Waals surface area contributed by atoms with Gasteiger partial charge >= 0.3 is 0 Å². The van der Waals surface area contributed by atoms with E-state index in [0.29, 0.717) is 5.92 Å². The van der Waals surface area contributed by atoms with Crippen LogP contribution in [0, 0.1) is 5.92 Å². The van der Waals surface area contributed by atoms with Crippen molar-refractivity contribution in [1.29, 1.82) is 0 Å². The first-order valence-corrected chi connectivity index (χ1v) is 5.16. The van der Waals surface area contributed by atoms with Gasteiger partial charge in [0.15, 0.2) is 0 Å². The van der Waals surface area contributed by atoms with Gasteiger partial charge in [-0.15, -0.1) is 0 Å². The van der Waals surface area contributed by atoms with Crippen molar-refractivity contribution in [3.05, 3.63) is 29.8 Å². The van der Waals surface area contributed by atoms with E-state index in [9.17, 15) is 0 Å². The second-order valence-corrected chi connectivity index (χ2v) is 4.02. The van der Waals surface area contributed by atoms with Crippen LogP contribution in [-0.4, -0.2) is 20.2 Å². The predicted molar refractivity (Wildman–Crippen MR) is 57.8 cm³/mol. The molecule has 0 unspecified atom stereocenters. The smallest absolute Gasteiger partial charge is 0.118 e. The lowest BCUT2D eigenvalue weighted by Gasteiger charge is -2.14. The van der Waals surface area contributed by atoms with E-state index in [-0.39, 0.29) is 0 Å². The molecule has 0 radical (unpaired) electrons. The summed E-state index contributed by atoms with van der Waals surface area (Å²) in [6.07, 6.45) is 0. The molecule has 0 aliphatic carbocycles. The summed E-state index contributed by atoms with van der Waals surface area (Å²) in [5.74, 6) is 2.34. The van der Waals surface area contributed by atoms with Gasteiger partial charge in [0.2, 0.25) is 0 Å². The maximum absolute atomic E-state index is 5.14. The van der Waals surface area contributed by atoms with E-state index < -0.39 is 0 Å². The van der Waals surface area contributed by atoms with Crippen molar-refractivity contribution in [1.82, 2.24) is 5.32 Å². The number of hydrogen-bond donors (Lipinski definition) is 1. The molecular weight excluding hydrogens is 174 g/mol. The Labute approximate surface area is 85.3 Å². The number of nitrogens with one attached hydrogen (secondary N) is 1. The van der Waals surface area contributed by atoms with E-state index in [2.05, 4.69) is 24.4 Å². The lowest BCUT2D eigenvalue weighted by atomic mass is 9.90. The van der Waals surface area contributed by atoms with Crippen LogP contribution < -0.4 is 10.1 Å². The van der Waals surface area contributed by atoms with Crippen LogP contribution in [0.2, 0.25) is 0 Å². The third-order valence-electron chi connectivity index (χ3n) is 3.06. The average Bonchev–Trinajstić information content (AvgIpc) is 2.65. The molecule has 1 aromatic rings. The molecule has 1 fully saturated rings. The van der Waals surface area contributed by atoms with Crippen molar-refractivity contribution in [2.75, 3.05) is 20.2 Å². The number of benzene rings is 1. The zero-order valence-corrected chi connectivity index (χ0v) is 8.79. The van der Waals surface area contributed by atoms with Crippen LogP contribution in [0.4, 0.5) is 0 Å². The highest BCUT2D eigenvalue weighted by molar-refractivity contribution is 5.30. The van der Waals surface area contributed by atoms with Gasteiger partial charge in [0.1, 0.15) is 5.75 Å². The topological polar surface area (TPSA) is 21.3 Å². The summed E-state index contributed by atoms with van der Waals surface area (Å²) in [5, 5.41) is 3.42. The maximum atomic E-state index is 5.14. The first kappa shape index (κ1) is 9.53. The van der Waals surface area contributed by atoms with E-state index >= 15 is 0 Å². The lowest BCUT2D eigenvalue weighted by molar-refractivity contribution is 0.414. The Kier molecular flexibility index (Phi) is 2.73. The van der Waals surface area contributed by atoms with Gasteiger partial charge in [0, 0.05) is 12.5 Å². The summed E-state index contributed by atoms with van der Waals surface area (Å²) in [5.41, 5.74) is 1.42. The van der Waals surface area contributed by atoms with Crippen LogP contribution in [0.3, 0.4) is 0 Å². The van der Waals surface area contributed by atoms with Gasteiger partial charge < -0.3 is 10.1 Å². The van der Waals surface area contributed by atoms with Crippen molar-refractivity contribution in [2.24, 2.45) is 5.92 Å². The molecule has 2 heteroatoms. The van der Waals surface area contributed by atoms with Crippen LogP contribution in [-0.2, 0) is 0 Å². The zero-order chi connectivity index (χ0) is 9.97. The minimum Gasteiger partial charge on any atom is -0.497 e. The Morgan fingerprint density at radius 2 is 1.93 bits per heavy atom.